The molecule has 1 heterocycles. The second-order valence-electron chi connectivity index (χ2n) is 2.26. The van der Waals surface area contributed by atoms with Crippen LogP contribution in [0.1, 0.15) is 17.6 Å². The van der Waals surface area contributed by atoms with E-state index in [0.717, 1.165) is 5.56 Å². The van der Waals surface area contributed by atoms with Crippen molar-refractivity contribution in [3.8, 4) is 0 Å². The summed E-state index contributed by atoms with van der Waals surface area (Å²) in [5.74, 6) is 0. The second-order valence-corrected chi connectivity index (χ2v) is 3.70. The summed E-state index contributed by atoms with van der Waals surface area (Å²) in [6.07, 6.45) is -1.08. The maximum Gasteiger partial charge on any atom is 0.267 e. The first kappa shape index (κ1) is 10.1. The molecular weight excluding hydrogens is 298 g/mol. The van der Waals surface area contributed by atoms with E-state index in [1.54, 1.807) is 6.92 Å². The number of hydrogen-bond acceptors (Lipinski definition) is 1. The molecule has 0 bridgehead atoms. The van der Waals surface area contributed by atoms with Crippen molar-refractivity contribution < 1.29 is 8.78 Å². The van der Waals surface area contributed by atoms with Crippen molar-refractivity contribution in [3.63, 3.8) is 0 Å². The Morgan fingerprint density at radius 3 is 2.58 bits per heavy atom. The first-order valence-corrected chi connectivity index (χ1v) is 4.58. The zero-order chi connectivity index (χ0) is 9.30. The van der Waals surface area contributed by atoms with Crippen molar-refractivity contribution in [2.45, 2.75) is 13.3 Å². The van der Waals surface area contributed by atoms with Gasteiger partial charge in [0.2, 0.25) is 0 Å². The van der Waals surface area contributed by atoms with E-state index in [2.05, 4.69) is 4.98 Å². The molecule has 1 rings (SSSR count). The lowest BCUT2D eigenvalue weighted by atomic mass is 10.2. The Hall–Kier alpha value is 0.0300. The predicted octanol–water partition coefficient (Wildman–Crippen LogP) is 3.59. The van der Waals surface area contributed by atoms with Gasteiger partial charge in [0.25, 0.3) is 6.43 Å². The summed E-state index contributed by atoms with van der Waals surface area (Å²) < 4.78 is 25.2. The molecule has 0 unspecified atom stereocenters. The molecular formula is C7H5ClF2IN. The summed E-state index contributed by atoms with van der Waals surface area (Å²) in [5.41, 5.74) is 0.549. The van der Waals surface area contributed by atoms with Gasteiger partial charge in [-0.25, -0.2) is 13.8 Å². The van der Waals surface area contributed by atoms with Crippen molar-refractivity contribution >= 4 is 34.2 Å². The number of aryl methyl sites for hydroxylation is 1. The summed E-state index contributed by atoms with van der Waals surface area (Å²) in [6.45, 7) is 1.72. The molecule has 0 saturated carbocycles. The SMILES string of the molecule is Cc1cnc(Cl)c(C(F)F)c1I. The van der Waals surface area contributed by atoms with E-state index in [1.807, 2.05) is 22.6 Å². The van der Waals surface area contributed by atoms with Gasteiger partial charge in [-0.05, 0) is 35.1 Å². The average Bonchev–Trinajstić information content (AvgIpc) is 1.97. The molecule has 5 heteroatoms. The Balaban J connectivity index is 3.33. The Morgan fingerprint density at radius 1 is 1.58 bits per heavy atom. The van der Waals surface area contributed by atoms with Gasteiger partial charge in [-0.15, -0.1) is 0 Å². The molecule has 1 aromatic rings. The molecule has 0 aliphatic carbocycles. The lowest BCUT2D eigenvalue weighted by Gasteiger charge is -2.06. The lowest BCUT2D eigenvalue weighted by molar-refractivity contribution is 0.150. The van der Waals surface area contributed by atoms with E-state index < -0.39 is 6.43 Å². The fourth-order valence-electron chi connectivity index (χ4n) is 0.769. The van der Waals surface area contributed by atoms with Gasteiger partial charge in [0.15, 0.2) is 0 Å². The van der Waals surface area contributed by atoms with Crippen LogP contribution in [0.2, 0.25) is 5.15 Å². The molecule has 0 spiro atoms. The van der Waals surface area contributed by atoms with E-state index in [-0.39, 0.29) is 10.7 Å². The van der Waals surface area contributed by atoms with E-state index in [4.69, 9.17) is 11.6 Å². The number of halogens is 4. The molecule has 0 amide bonds. The van der Waals surface area contributed by atoms with Crippen LogP contribution in [0, 0.1) is 10.5 Å². The molecule has 12 heavy (non-hydrogen) atoms. The fraction of sp³-hybridized carbons (Fsp3) is 0.286. The summed E-state index contributed by atoms with van der Waals surface area (Å²) in [4.78, 5) is 3.64. The maximum absolute atomic E-state index is 12.3. The normalized spacial score (nSPS) is 10.8. The standard InChI is InChI=1S/C7H5ClF2IN/c1-3-2-12-6(8)4(5(3)11)7(9)10/h2,7H,1H3. The highest BCUT2D eigenvalue weighted by atomic mass is 127. The lowest BCUT2D eigenvalue weighted by Crippen LogP contribution is -1.96. The van der Waals surface area contributed by atoms with Gasteiger partial charge in [0, 0.05) is 9.77 Å². The van der Waals surface area contributed by atoms with E-state index in [1.165, 1.54) is 6.20 Å². The van der Waals surface area contributed by atoms with Crippen LogP contribution >= 0.6 is 34.2 Å². The first-order chi connectivity index (χ1) is 5.54. The second kappa shape index (κ2) is 3.83. The molecule has 0 fully saturated rings. The highest BCUT2D eigenvalue weighted by Gasteiger charge is 2.17. The summed E-state index contributed by atoms with van der Waals surface area (Å²) in [6, 6.07) is 0. The van der Waals surface area contributed by atoms with Crippen LogP contribution in [-0.4, -0.2) is 4.98 Å². The number of aromatic nitrogens is 1. The topological polar surface area (TPSA) is 12.9 Å². The Kier molecular flexibility index (Phi) is 3.22. The van der Waals surface area contributed by atoms with Crippen LogP contribution in [0.5, 0.6) is 0 Å². The molecule has 0 atom stereocenters. The number of pyridine rings is 1. The summed E-state index contributed by atoms with van der Waals surface area (Å²) >= 11 is 7.34. The Morgan fingerprint density at radius 2 is 2.17 bits per heavy atom. The molecule has 0 aliphatic rings. The van der Waals surface area contributed by atoms with Gasteiger partial charge in [-0.1, -0.05) is 11.6 Å². The van der Waals surface area contributed by atoms with Gasteiger partial charge < -0.3 is 0 Å². The zero-order valence-corrected chi connectivity index (χ0v) is 9.03. The maximum atomic E-state index is 12.3. The third-order valence-corrected chi connectivity index (χ3v) is 3.13. The third kappa shape index (κ3) is 1.85. The van der Waals surface area contributed by atoms with Crippen LogP contribution in [0.4, 0.5) is 8.78 Å². The first-order valence-electron chi connectivity index (χ1n) is 3.12. The van der Waals surface area contributed by atoms with E-state index in [0.29, 0.717) is 3.57 Å². The molecule has 66 valence electrons. The van der Waals surface area contributed by atoms with Crippen LogP contribution in [0.25, 0.3) is 0 Å². The van der Waals surface area contributed by atoms with E-state index >= 15 is 0 Å². The highest BCUT2D eigenvalue weighted by Crippen LogP contribution is 2.31. The molecule has 1 aromatic heterocycles. The number of rotatable bonds is 1. The fourth-order valence-corrected chi connectivity index (χ4v) is 1.78. The molecule has 0 aromatic carbocycles. The van der Waals surface area contributed by atoms with Gasteiger partial charge in [0.1, 0.15) is 5.15 Å². The monoisotopic (exact) mass is 303 g/mol. The summed E-state index contributed by atoms with van der Waals surface area (Å²) in [5, 5.41) is -0.111. The van der Waals surface area contributed by atoms with Crippen LogP contribution in [0.3, 0.4) is 0 Å². The van der Waals surface area contributed by atoms with Crippen LogP contribution in [0.15, 0.2) is 6.20 Å². The molecule has 0 radical (unpaired) electrons. The third-order valence-electron chi connectivity index (χ3n) is 1.39. The summed E-state index contributed by atoms with van der Waals surface area (Å²) in [7, 11) is 0. The molecule has 0 saturated heterocycles. The van der Waals surface area contributed by atoms with Crippen LogP contribution in [-0.2, 0) is 0 Å². The Bertz CT molecular complexity index is 304. The molecule has 1 nitrogen and oxygen atoms in total. The van der Waals surface area contributed by atoms with Gasteiger partial charge in [0.05, 0.1) is 5.56 Å². The van der Waals surface area contributed by atoms with Crippen LogP contribution < -0.4 is 0 Å². The number of alkyl halides is 2. The van der Waals surface area contributed by atoms with Gasteiger partial charge in [-0.3, -0.25) is 0 Å². The Labute approximate surface area is 87.3 Å². The molecule has 0 N–H and O–H groups in total. The quantitative estimate of drug-likeness (QED) is 0.571. The minimum Gasteiger partial charge on any atom is -0.244 e. The largest absolute Gasteiger partial charge is 0.267 e. The smallest absolute Gasteiger partial charge is 0.244 e. The van der Waals surface area contributed by atoms with Crippen molar-refractivity contribution in [3.05, 3.63) is 26.0 Å². The number of hydrogen-bond donors (Lipinski definition) is 0. The average molecular weight is 303 g/mol. The zero-order valence-electron chi connectivity index (χ0n) is 6.11. The highest BCUT2D eigenvalue weighted by molar-refractivity contribution is 14.1. The van der Waals surface area contributed by atoms with Crippen molar-refractivity contribution in [1.29, 1.82) is 0 Å². The molecule has 0 aliphatic heterocycles. The van der Waals surface area contributed by atoms with Gasteiger partial charge >= 0.3 is 0 Å². The van der Waals surface area contributed by atoms with Crippen molar-refractivity contribution in [2.24, 2.45) is 0 Å². The van der Waals surface area contributed by atoms with Crippen molar-refractivity contribution in [2.75, 3.05) is 0 Å². The minimum atomic E-state index is -2.56. The van der Waals surface area contributed by atoms with E-state index in [9.17, 15) is 8.78 Å². The number of nitrogens with zero attached hydrogens (tertiary/aromatic N) is 1. The van der Waals surface area contributed by atoms with Crippen molar-refractivity contribution in [1.82, 2.24) is 4.98 Å². The predicted molar refractivity (Wildman–Crippen MR) is 51.7 cm³/mol. The minimum absolute atomic E-state index is 0.111. The van der Waals surface area contributed by atoms with Gasteiger partial charge in [-0.2, -0.15) is 0 Å².